The van der Waals surface area contributed by atoms with Crippen molar-refractivity contribution in [3.63, 3.8) is 0 Å². The summed E-state index contributed by atoms with van der Waals surface area (Å²) in [7, 11) is 3.13. The van der Waals surface area contributed by atoms with Gasteiger partial charge in [0, 0.05) is 24.6 Å². The Labute approximate surface area is 161 Å². The van der Waals surface area contributed by atoms with Gasteiger partial charge in [-0.1, -0.05) is 5.16 Å². The highest BCUT2D eigenvalue weighted by atomic mass is 16.5. The van der Waals surface area contributed by atoms with Gasteiger partial charge < -0.3 is 29.3 Å². The summed E-state index contributed by atoms with van der Waals surface area (Å²) in [5.41, 5.74) is 0.750. The Morgan fingerprint density at radius 2 is 1.96 bits per heavy atom. The number of hydrogen-bond donors (Lipinski definition) is 2. The minimum absolute atomic E-state index is 0.0536. The summed E-state index contributed by atoms with van der Waals surface area (Å²) in [5.74, 6) is 1.99. The van der Waals surface area contributed by atoms with Gasteiger partial charge in [-0.25, -0.2) is 4.79 Å². The normalized spacial score (nSPS) is 14.6. The van der Waals surface area contributed by atoms with Gasteiger partial charge in [0.25, 0.3) is 0 Å². The van der Waals surface area contributed by atoms with Gasteiger partial charge in [-0.05, 0) is 31.0 Å². The maximum Gasteiger partial charge on any atom is 0.405 e. The van der Waals surface area contributed by atoms with Gasteiger partial charge in [0.2, 0.25) is 17.6 Å². The summed E-state index contributed by atoms with van der Waals surface area (Å²) < 4.78 is 16.0. The molecular weight excluding hydrogens is 368 g/mol. The van der Waals surface area contributed by atoms with E-state index in [1.807, 2.05) is 6.07 Å². The fourth-order valence-electron chi connectivity index (χ4n) is 3.13. The Morgan fingerprint density at radius 1 is 1.25 bits per heavy atom. The number of ether oxygens (including phenoxy) is 2. The molecule has 10 nitrogen and oxygen atoms in total. The Hall–Kier alpha value is -3.30. The van der Waals surface area contributed by atoms with E-state index in [2.05, 4.69) is 15.5 Å². The molecule has 2 aromatic rings. The molecule has 0 atom stereocenters. The fraction of sp³-hybridized carbons (Fsp3) is 0.444. The molecule has 0 bridgehead atoms. The number of nitrogens with zero attached hydrogens (tertiary/aromatic N) is 3. The zero-order valence-electron chi connectivity index (χ0n) is 15.7. The van der Waals surface area contributed by atoms with Crippen molar-refractivity contribution in [2.24, 2.45) is 0 Å². The molecule has 1 aromatic heterocycles. The first-order valence-corrected chi connectivity index (χ1v) is 8.82. The molecule has 28 heavy (non-hydrogen) atoms. The number of nitrogens with one attached hydrogen (secondary N) is 1. The van der Waals surface area contributed by atoms with Crippen LogP contribution in [0.4, 0.5) is 4.79 Å². The molecule has 0 unspecified atom stereocenters. The summed E-state index contributed by atoms with van der Waals surface area (Å²) in [6.45, 7) is 0.807. The number of methoxy groups -OCH3 is 2. The maximum atomic E-state index is 12.0. The van der Waals surface area contributed by atoms with Crippen LogP contribution in [0.15, 0.2) is 22.7 Å². The van der Waals surface area contributed by atoms with Crippen LogP contribution >= 0.6 is 0 Å². The number of likely N-dealkylation sites (tertiary alicyclic amines) is 1. The van der Waals surface area contributed by atoms with Crippen LogP contribution in [0, 0.1) is 0 Å². The molecule has 1 saturated heterocycles. The number of piperidine rings is 1. The van der Waals surface area contributed by atoms with Crippen LogP contribution in [-0.2, 0) is 4.79 Å². The quantitative estimate of drug-likeness (QED) is 0.763. The van der Waals surface area contributed by atoms with E-state index >= 15 is 0 Å². The Bertz CT molecular complexity index is 844. The lowest BCUT2D eigenvalue weighted by molar-refractivity contribution is -0.131. The third-order valence-electron chi connectivity index (χ3n) is 4.67. The average Bonchev–Trinajstić information content (AvgIpc) is 3.21. The van der Waals surface area contributed by atoms with Gasteiger partial charge in [0.05, 0.1) is 14.2 Å². The van der Waals surface area contributed by atoms with Gasteiger partial charge in [-0.2, -0.15) is 4.98 Å². The Kier molecular flexibility index (Phi) is 5.97. The van der Waals surface area contributed by atoms with Crippen molar-refractivity contribution in [3.8, 4) is 22.9 Å². The van der Waals surface area contributed by atoms with Crippen LogP contribution < -0.4 is 14.8 Å². The Balaban J connectivity index is 1.62. The first kappa shape index (κ1) is 19.5. The second-order valence-electron chi connectivity index (χ2n) is 6.34. The van der Waals surface area contributed by atoms with Crippen LogP contribution in [0.1, 0.15) is 24.7 Å². The molecule has 3 rings (SSSR count). The number of hydrogen-bond acceptors (Lipinski definition) is 7. The SMILES string of the molecule is COc1ccc(-c2noc(C3CCN(C(=O)CNC(=O)O)CC3)n2)cc1OC. The van der Waals surface area contributed by atoms with Gasteiger partial charge in [0.15, 0.2) is 11.5 Å². The lowest BCUT2D eigenvalue weighted by Crippen LogP contribution is -2.43. The van der Waals surface area contributed by atoms with E-state index in [0.29, 0.717) is 49.1 Å². The zero-order valence-corrected chi connectivity index (χ0v) is 15.7. The van der Waals surface area contributed by atoms with Crippen molar-refractivity contribution in [1.82, 2.24) is 20.4 Å². The van der Waals surface area contributed by atoms with Crippen molar-refractivity contribution in [2.45, 2.75) is 18.8 Å². The number of aromatic nitrogens is 2. The lowest BCUT2D eigenvalue weighted by atomic mass is 9.96. The minimum Gasteiger partial charge on any atom is -0.493 e. The Morgan fingerprint density at radius 3 is 2.61 bits per heavy atom. The maximum absolute atomic E-state index is 12.0. The van der Waals surface area contributed by atoms with Crippen LogP contribution in [-0.4, -0.2) is 66.0 Å². The summed E-state index contributed by atoms with van der Waals surface area (Å²) >= 11 is 0. The zero-order chi connectivity index (χ0) is 20.1. The highest BCUT2D eigenvalue weighted by Crippen LogP contribution is 2.33. The number of carbonyl (C=O) groups excluding carboxylic acids is 1. The van der Waals surface area contributed by atoms with Crippen molar-refractivity contribution in [2.75, 3.05) is 33.9 Å². The summed E-state index contributed by atoms with van der Waals surface area (Å²) in [6.07, 6.45) is 0.135. The number of benzene rings is 1. The van der Waals surface area contributed by atoms with E-state index in [1.165, 1.54) is 0 Å². The summed E-state index contributed by atoms with van der Waals surface area (Å²) in [6, 6.07) is 5.39. The molecule has 2 amide bonds. The van der Waals surface area contributed by atoms with Crippen LogP contribution in [0.25, 0.3) is 11.4 Å². The van der Waals surface area contributed by atoms with E-state index in [9.17, 15) is 9.59 Å². The number of carbonyl (C=O) groups is 2. The van der Waals surface area contributed by atoms with Gasteiger partial charge in [-0.15, -0.1) is 0 Å². The molecule has 1 aromatic carbocycles. The molecule has 1 aliphatic rings. The molecule has 2 heterocycles. The van der Waals surface area contributed by atoms with Gasteiger partial charge in [-0.3, -0.25) is 4.79 Å². The molecule has 0 saturated carbocycles. The largest absolute Gasteiger partial charge is 0.493 e. The topological polar surface area (TPSA) is 127 Å². The second-order valence-corrected chi connectivity index (χ2v) is 6.34. The predicted octanol–water partition coefficient (Wildman–Crippen LogP) is 1.73. The van der Waals surface area contributed by atoms with Crippen molar-refractivity contribution >= 4 is 12.0 Å². The molecule has 1 aliphatic heterocycles. The van der Waals surface area contributed by atoms with E-state index < -0.39 is 6.09 Å². The predicted molar refractivity (Wildman–Crippen MR) is 97.4 cm³/mol. The first-order valence-electron chi connectivity index (χ1n) is 8.82. The molecular formula is C18H22N4O6. The third-order valence-corrected chi connectivity index (χ3v) is 4.67. The standard InChI is InChI=1S/C18H22N4O6/c1-26-13-4-3-12(9-14(13)27-2)16-20-17(28-21-16)11-5-7-22(8-6-11)15(23)10-19-18(24)25/h3-4,9,11,19H,5-8,10H2,1-2H3,(H,24,25). The number of amides is 2. The number of carboxylic acid groups (broad SMARTS) is 1. The highest BCUT2D eigenvalue weighted by Gasteiger charge is 2.27. The molecule has 2 N–H and O–H groups in total. The van der Waals surface area contributed by atoms with Crippen LogP contribution in [0.5, 0.6) is 11.5 Å². The average molecular weight is 390 g/mol. The number of rotatable bonds is 6. The van der Waals surface area contributed by atoms with Crippen molar-refractivity contribution < 1.29 is 28.7 Å². The van der Waals surface area contributed by atoms with Crippen LogP contribution in [0.3, 0.4) is 0 Å². The van der Waals surface area contributed by atoms with E-state index in [1.54, 1.807) is 31.3 Å². The highest BCUT2D eigenvalue weighted by molar-refractivity contribution is 5.81. The molecule has 0 spiro atoms. The van der Waals surface area contributed by atoms with Crippen LogP contribution in [0.2, 0.25) is 0 Å². The molecule has 150 valence electrons. The monoisotopic (exact) mass is 390 g/mol. The van der Waals surface area contributed by atoms with Crippen molar-refractivity contribution in [1.29, 1.82) is 0 Å². The lowest BCUT2D eigenvalue weighted by Gasteiger charge is -2.30. The molecule has 0 radical (unpaired) electrons. The van der Waals surface area contributed by atoms with E-state index in [4.69, 9.17) is 19.1 Å². The second kappa shape index (κ2) is 8.59. The summed E-state index contributed by atoms with van der Waals surface area (Å²) in [5, 5.41) is 14.7. The van der Waals surface area contributed by atoms with E-state index in [0.717, 1.165) is 5.56 Å². The fourth-order valence-corrected chi connectivity index (χ4v) is 3.13. The smallest absolute Gasteiger partial charge is 0.405 e. The van der Waals surface area contributed by atoms with Gasteiger partial charge >= 0.3 is 6.09 Å². The third kappa shape index (κ3) is 4.33. The summed E-state index contributed by atoms with van der Waals surface area (Å²) in [4.78, 5) is 28.6. The van der Waals surface area contributed by atoms with Crippen molar-refractivity contribution in [3.05, 3.63) is 24.1 Å². The van der Waals surface area contributed by atoms with Gasteiger partial charge in [0.1, 0.15) is 6.54 Å². The first-order chi connectivity index (χ1) is 13.5. The minimum atomic E-state index is -1.21. The molecule has 1 fully saturated rings. The molecule has 0 aliphatic carbocycles. The van der Waals surface area contributed by atoms with E-state index in [-0.39, 0.29) is 18.4 Å². The molecule has 10 heteroatoms.